The van der Waals surface area contributed by atoms with Crippen LogP contribution in [0.15, 0.2) is 24.7 Å². The number of aryl methyl sites for hydroxylation is 1. The zero-order chi connectivity index (χ0) is 21.6. The van der Waals surface area contributed by atoms with Gasteiger partial charge >= 0.3 is 6.09 Å². The highest BCUT2D eigenvalue weighted by molar-refractivity contribution is 5.69. The second-order valence-corrected chi connectivity index (χ2v) is 8.46. The molecule has 1 saturated carbocycles. The molecule has 0 aromatic carbocycles. The van der Waals surface area contributed by atoms with Crippen LogP contribution in [0.25, 0.3) is 16.8 Å². The second-order valence-electron chi connectivity index (χ2n) is 8.46. The van der Waals surface area contributed by atoms with Gasteiger partial charge in [0.2, 0.25) is 11.8 Å². The Kier molecular flexibility index (Phi) is 4.87. The van der Waals surface area contributed by atoms with Crippen LogP contribution in [0.5, 0.6) is 5.88 Å². The molecule has 1 aliphatic rings. The smallest absolute Gasteiger partial charge is 0.410 e. The number of amides is 1. The average molecular weight is 416 g/mol. The van der Waals surface area contributed by atoms with E-state index in [0.29, 0.717) is 29.8 Å². The fraction of sp³-hybridized carbons (Fsp3) is 0.500. The number of rotatable bonds is 4. The molecule has 1 amide bonds. The Balaban J connectivity index is 1.58. The third-order valence-electron chi connectivity index (χ3n) is 5.24. The Labute approximate surface area is 173 Å². The van der Waals surface area contributed by atoms with Crippen LogP contribution >= 0.6 is 0 Å². The van der Waals surface area contributed by atoms with E-state index >= 15 is 0 Å². The van der Waals surface area contributed by atoms with Gasteiger partial charge < -0.3 is 14.4 Å². The van der Waals surface area contributed by atoms with Gasteiger partial charge in [-0.1, -0.05) is 0 Å². The molecule has 30 heavy (non-hydrogen) atoms. The molecule has 0 saturated heterocycles. The number of hydrogen-bond donors (Lipinski definition) is 0. The van der Waals surface area contributed by atoms with Crippen molar-refractivity contribution in [2.45, 2.75) is 51.3 Å². The summed E-state index contributed by atoms with van der Waals surface area (Å²) in [6, 6.07) is 1.66. The van der Waals surface area contributed by atoms with Crippen LogP contribution in [0.4, 0.5) is 9.18 Å². The van der Waals surface area contributed by atoms with E-state index in [4.69, 9.17) is 9.47 Å². The first kappa shape index (κ1) is 20.1. The molecule has 3 heterocycles. The first-order chi connectivity index (χ1) is 14.2. The van der Waals surface area contributed by atoms with Gasteiger partial charge in [-0.05, 0) is 26.8 Å². The van der Waals surface area contributed by atoms with Crippen molar-refractivity contribution in [3.8, 4) is 17.1 Å². The molecular weight excluding hydrogens is 391 g/mol. The number of halogens is 1. The number of methoxy groups -OCH3 is 1. The Bertz CT molecular complexity index is 1080. The van der Waals surface area contributed by atoms with Gasteiger partial charge in [0.15, 0.2) is 0 Å². The molecule has 0 aliphatic heterocycles. The third kappa shape index (κ3) is 3.46. The van der Waals surface area contributed by atoms with Crippen molar-refractivity contribution in [3.63, 3.8) is 0 Å². The summed E-state index contributed by atoms with van der Waals surface area (Å²) in [5.74, 6) is -0.275. The second kappa shape index (κ2) is 7.26. The van der Waals surface area contributed by atoms with E-state index < -0.39 is 5.95 Å². The van der Waals surface area contributed by atoms with Crippen LogP contribution in [-0.4, -0.2) is 60.2 Å². The highest BCUT2D eigenvalue weighted by Gasteiger charge is 2.43. The molecule has 10 heteroatoms. The van der Waals surface area contributed by atoms with E-state index in [9.17, 15) is 9.18 Å². The van der Waals surface area contributed by atoms with E-state index in [2.05, 4.69) is 15.2 Å². The normalized spacial score (nSPS) is 18.9. The molecule has 0 atom stereocenters. The fourth-order valence-corrected chi connectivity index (χ4v) is 3.81. The summed E-state index contributed by atoms with van der Waals surface area (Å²) in [7, 11) is 3.13. The zero-order valence-electron chi connectivity index (χ0n) is 17.7. The minimum absolute atomic E-state index is 0.00150. The number of aromatic nitrogens is 5. The van der Waals surface area contributed by atoms with Crippen molar-refractivity contribution in [3.05, 3.63) is 30.6 Å². The molecule has 4 rings (SSSR count). The lowest BCUT2D eigenvalue weighted by Crippen LogP contribution is -2.58. The lowest BCUT2D eigenvalue weighted by Gasteiger charge is -2.47. The molecule has 1 aliphatic carbocycles. The van der Waals surface area contributed by atoms with Crippen LogP contribution in [0.3, 0.4) is 0 Å². The van der Waals surface area contributed by atoms with E-state index in [1.54, 1.807) is 35.1 Å². The van der Waals surface area contributed by atoms with Gasteiger partial charge in [-0.2, -0.15) is 19.1 Å². The Morgan fingerprint density at radius 2 is 2.03 bits per heavy atom. The standard InChI is InChI=1S/C20H25FN6O3/c1-20(2,3)26(19(28)29-5)13-8-14(9-13)30-18-15-6-7-22-27(15)17(21)16(24-18)12-10-23-25(4)11-12/h6-7,10-11,13-14H,8-9H2,1-5H3. The fourth-order valence-electron chi connectivity index (χ4n) is 3.81. The predicted molar refractivity (Wildman–Crippen MR) is 107 cm³/mol. The van der Waals surface area contributed by atoms with Gasteiger partial charge in [0, 0.05) is 43.2 Å². The highest BCUT2D eigenvalue weighted by Crippen LogP contribution is 2.35. The summed E-state index contributed by atoms with van der Waals surface area (Å²) in [5.41, 5.74) is 0.733. The number of fused-ring (bicyclic) bond motifs is 1. The molecule has 0 spiro atoms. The maximum atomic E-state index is 14.9. The minimum Gasteiger partial charge on any atom is -0.473 e. The van der Waals surface area contributed by atoms with Crippen molar-refractivity contribution < 1.29 is 18.7 Å². The van der Waals surface area contributed by atoms with Gasteiger partial charge in [-0.25, -0.2) is 9.78 Å². The SMILES string of the molecule is COC(=O)N(C1CC(Oc2nc(-c3cnn(C)c3)c(F)n3nccc23)C1)C(C)(C)C. The van der Waals surface area contributed by atoms with Crippen LogP contribution in [0.1, 0.15) is 33.6 Å². The topological polar surface area (TPSA) is 86.8 Å². The van der Waals surface area contributed by atoms with Crippen molar-refractivity contribution in [1.82, 2.24) is 29.3 Å². The first-order valence-electron chi connectivity index (χ1n) is 9.75. The molecule has 3 aromatic heterocycles. The monoisotopic (exact) mass is 416 g/mol. The summed E-state index contributed by atoms with van der Waals surface area (Å²) in [6.45, 7) is 5.90. The number of nitrogens with zero attached hydrogens (tertiary/aromatic N) is 6. The molecule has 0 bridgehead atoms. The maximum absolute atomic E-state index is 14.9. The van der Waals surface area contributed by atoms with Gasteiger partial charge in [0.05, 0.1) is 19.5 Å². The van der Waals surface area contributed by atoms with Gasteiger partial charge in [0.1, 0.15) is 17.3 Å². The summed E-state index contributed by atoms with van der Waals surface area (Å²) in [6.07, 6.45) is 5.48. The van der Waals surface area contributed by atoms with Gasteiger partial charge in [-0.15, -0.1) is 0 Å². The first-order valence-corrected chi connectivity index (χ1v) is 9.75. The Morgan fingerprint density at radius 1 is 1.30 bits per heavy atom. The summed E-state index contributed by atoms with van der Waals surface area (Å²) in [5, 5.41) is 8.14. The van der Waals surface area contributed by atoms with Gasteiger partial charge in [-0.3, -0.25) is 4.68 Å². The molecule has 0 N–H and O–H groups in total. The van der Waals surface area contributed by atoms with E-state index in [0.717, 1.165) is 0 Å². The van der Waals surface area contributed by atoms with Gasteiger partial charge in [0.25, 0.3) is 0 Å². The molecule has 0 unspecified atom stereocenters. The largest absolute Gasteiger partial charge is 0.473 e. The molecule has 9 nitrogen and oxygen atoms in total. The maximum Gasteiger partial charge on any atom is 0.410 e. The summed E-state index contributed by atoms with van der Waals surface area (Å²) >= 11 is 0. The lowest BCUT2D eigenvalue weighted by atomic mass is 9.85. The number of hydrogen-bond acceptors (Lipinski definition) is 6. The molecular formula is C20H25FN6O3. The molecule has 1 fully saturated rings. The van der Waals surface area contributed by atoms with Crippen LogP contribution in [-0.2, 0) is 11.8 Å². The molecule has 3 aromatic rings. The van der Waals surface area contributed by atoms with Crippen molar-refractivity contribution in [2.24, 2.45) is 7.05 Å². The number of ether oxygens (including phenoxy) is 2. The quantitative estimate of drug-likeness (QED) is 0.650. The minimum atomic E-state index is -0.577. The Morgan fingerprint density at radius 3 is 2.63 bits per heavy atom. The number of carbonyl (C=O) groups is 1. The number of carbonyl (C=O) groups excluding carboxylic acids is 1. The van der Waals surface area contributed by atoms with E-state index in [1.807, 2.05) is 20.8 Å². The van der Waals surface area contributed by atoms with E-state index in [1.165, 1.54) is 17.8 Å². The van der Waals surface area contributed by atoms with Crippen molar-refractivity contribution >= 4 is 11.6 Å². The van der Waals surface area contributed by atoms with Crippen molar-refractivity contribution in [1.29, 1.82) is 0 Å². The highest BCUT2D eigenvalue weighted by atomic mass is 19.1. The third-order valence-corrected chi connectivity index (χ3v) is 5.24. The lowest BCUT2D eigenvalue weighted by molar-refractivity contribution is -0.0192. The van der Waals surface area contributed by atoms with Crippen molar-refractivity contribution in [2.75, 3.05) is 7.11 Å². The summed E-state index contributed by atoms with van der Waals surface area (Å²) < 4.78 is 28.7. The molecule has 160 valence electrons. The Hall–Kier alpha value is -3.17. The summed E-state index contributed by atoms with van der Waals surface area (Å²) in [4.78, 5) is 18.4. The van der Waals surface area contributed by atoms with Crippen LogP contribution in [0, 0.1) is 5.95 Å². The van der Waals surface area contributed by atoms with Crippen LogP contribution < -0.4 is 4.74 Å². The average Bonchev–Trinajstić information content (AvgIpc) is 3.29. The van der Waals surface area contributed by atoms with E-state index in [-0.39, 0.29) is 29.5 Å². The molecule has 0 radical (unpaired) electrons. The zero-order valence-corrected chi connectivity index (χ0v) is 17.7. The van der Waals surface area contributed by atoms with Crippen LogP contribution in [0.2, 0.25) is 0 Å². The predicted octanol–water partition coefficient (Wildman–Crippen LogP) is 3.05.